The van der Waals surface area contributed by atoms with E-state index in [1.54, 1.807) is 0 Å². The molecule has 8 heteroatoms. The Bertz CT molecular complexity index is 960. The predicted octanol–water partition coefficient (Wildman–Crippen LogP) is 1.26. The van der Waals surface area contributed by atoms with Gasteiger partial charge in [0.15, 0.2) is 0 Å². The molecule has 0 bridgehead atoms. The molecule has 0 unspecified atom stereocenters. The Morgan fingerprint density at radius 1 is 1.15 bits per heavy atom. The molecule has 0 fully saturated rings. The number of nitrogens with one attached hydrogen (secondary N) is 1. The van der Waals surface area contributed by atoms with Crippen LogP contribution in [0, 0.1) is 0 Å². The van der Waals surface area contributed by atoms with E-state index in [9.17, 15) is 19.2 Å². The topological polar surface area (TPSA) is 120 Å². The molecule has 0 atom stereocenters. The highest BCUT2D eigenvalue weighted by Gasteiger charge is 2.31. The van der Waals surface area contributed by atoms with E-state index in [2.05, 4.69) is 5.32 Å². The van der Waals surface area contributed by atoms with Gasteiger partial charge in [-0.25, -0.2) is 4.79 Å². The summed E-state index contributed by atoms with van der Waals surface area (Å²) >= 11 is 0. The first-order valence-electron chi connectivity index (χ1n) is 8.12. The summed E-state index contributed by atoms with van der Waals surface area (Å²) in [5.41, 5.74) is 6.05. The number of nitrogens with zero attached hydrogens (tertiary/aromatic N) is 1. The highest BCUT2D eigenvalue weighted by atomic mass is 16.5. The highest BCUT2D eigenvalue weighted by molar-refractivity contribution is 6.23. The minimum atomic E-state index is -0.647. The maximum atomic E-state index is 12.3. The van der Waals surface area contributed by atoms with Gasteiger partial charge in [-0.05, 0) is 30.7 Å². The van der Waals surface area contributed by atoms with Crippen LogP contribution in [-0.4, -0.2) is 29.0 Å². The van der Waals surface area contributed by atoms with Gasteiger partial charge in [-0.1, -0.05) is 13.3 Å². The minimum Gasteiger partial charge on any atom is -0.462 e. The summed E-state index contributed by atoms with van der Waals surface area (Å²) in [7, 11) is 0. The molecule has 0 spiro atoms. The van der Waals surface area contributed by atoms with E-state index < -0.39 is 23.3 Å². The number of imide groups is 1. The van der Waals surface area contributed by atoms with E-state index >= 15 is 0 Å². The number of hydrogen-bond donors (Lipinski definition) is 2. The Kier molecular flexibility index (Phi) is 4.57. The van der Waals surface area contributed by atoms with Crippen molar-refractivity contribution >= 4 is 23.6 Å². The normalized spacial score (nSPS) is 12.7. The SMILES string of the molecule is CCCCOC(=O)c1ccc(-n2c(N)c3c(cc2=O)C(=O)NC3=O)cc1. The molecule has 0 aliphatic carbocycles. The van der Waals surface area contributed by atoms with Gasteiger partial charge in [0.25, 0.3) is 17.4 Å². The number of rotatable bonds is 5. The van der Waals surface area contributed by atoms with E-state index in [4.69, 9.17) is 10.5 Å². The number of carbonyl (C=O) groups excluding carboxylic acids is 3. The summed E-state index contributed by atoms with van der Waals surface area (Å²) in [5, 5.41) is 2.11. The van der Waals surface area contributed by atoms with E-state index in [1.807, 2.05) is 6.92 Å². The Labute approximate surface area is 148 Å². The lowest BCUT2D eigenvalue weighted by molar-refractivity contribution is 0.0499. The summed E-state index contributed by atoms with van der Waals surface area (Å²) in [6.45, 7) is 2.34. The van der Waals surface area contributed by atoms with Gasteiger partial charge in [0, 0.05) is 6.07 Å². The number of fused-ring (bicyclic) bond motifs is 1. The van der Waals surface area contributed by atoms with Crippen molar-refractivity contribution in [2.75, 3.05) is 12.3 Å². The molecule has 0 saturated heterocycles. The lowest BCUT2D eigenvalue weighted by Crippen LogP contribution is -2.24. The first-order valence-corrected chi connectivity index (χ1v) is 8.12. The van der Waals surface area contributed by atoms with Crippen molar-refractivity contribution in [3.05, 3.63) is 57.4 Å². The quantitative estimate of drug-likeness (QED) is 0.473. The van der Waals surface area contributed by atoms with Gasteiger partial charge < -0.3 is 10.5 Å². The maximum absolute atomic E-state index is 12.3. The zero-order valence-electron chi connectivity index (χ0n) is 14.1. The Morgan fingerprint density at radius 3 is 2.50 bits per heavy atom. The third kappa shape index (κ3) is 2.97. The van der Waals surface area contributed by atoms with Gasteiger partial charge in [0.2, 0.25) is 0 Å². The number of carbonyl (C=O) groups is 3. The minimum absolute atomic E-state index is 0.0300. The van der Waals surface area contributed by atoms with Gasteiger partial charge in [0.05, 0.1) is 29.0 Å². The molecule has 1 aliphatic rings. The van der Waals surface area contributed by atoms with Crippen LogP contribution in [0.1, 0.15) is 50.8 Å². The molecule has 1 aliphatic heterocycles. The van der Waals surface area contributed by atoms with Gasteiger partial charge in [-0.2, -0.15) is 0 Å². The summed E-state index contributed by atoms with van der Waals surface area (Å²) in [6, 6.07) is 7.13. The summed E-state index contributed by atoms with van der Waals surface area (Å²) in [6.07, 6.45) is 1.70. The average Bonchev–Trinajstić information content (AvgIpc) is 2.89. The zero-order valence-corrected chi connectivity index (χ0v) is 14.1. The average molecular weight is 355 g/mol. The van der Waals surface area contributed by atoms with Crippen molar-refractivity contribution in [2.45, 2.75) is 19.8 Å². The second-order valence-corrected chi connectivity index (χ2v) is 5.81. The predicted molar refractivity (Wildman–Crippen MR) is 93.4 cm³/mol. The first kappa shape index (κ1) is 17.4. The molecule has 134 valence electrons. The van der Waals surface area contributed by atoms with Crippen molar-refractivity contribution in [1.29, 1.82) is 0 Å². The van der Waals surface area contributed by atoms with Gasteiger partial charge in [-0.15, -0.1) is 0 Å². The van der Waals surface area contributed by atoms with Crippen molar-refractivity contribution in [3.63, 3.8) is 0 Å². The second kappa shape index (κ2) is 6.83. The molecule has 1 aromatic heterocycles. The number of hydrogen-bond acceptors (Lipinski definition) is 6. The monoisotopic (exact) mass is 355 g/mol. The molecule has 2 heterocycles. The fourth-order valence-electron chi connectivity index (χ4n) is 2.68. The third-order valence-corrected chi connectivity index (χ3v) is 4.05. The van der Waals surface area contributed by atoms with Gasteiger partial charge in [0.1, 0.15) is 5.82 Å². The third-order valence-electron chi connectivity index (χ3n) is 4.05. The zero-order chi connectivity index (χ0) is 18.8. The Balaban J connectivity index is 1.95. The summed E-state index contributed by atoms with van der Waals surface area (Å²) in [5.74, 6) is -1.88. The number of nitrogens with two attached hydrogens (primary N) is 1. The number of esters is 1. The van der Waals surface area contributed by atoms with E-state index in [0.717, 1.165) is 23.5 Å². The highest BCUT2D eigenvalue weighted by Crippen LogP contribution is 2.23. The van der Waals surface area contributed by atoms with Crippen LogP contribution in [0.15, 0.2) is 35.1 Å². The van der Waals surface area contributed by atoms with Crippen LogP contribution in [0.5, 0.6) is 0 Å². The van der Waals surface area contributed by atoms with E-state index in [0.29, 0.717) is 17.9 Å². The largest absolute Gasteiger partial charge is 0.462 e. The molecule has 3 N–H and O–H groups in total. The van der Waals surface area contributed by atoms with Crippen molar-refractivity contribution < 1.29 is 19.1 Å². The molecule has 8 nitrogen and oxygen atoms in total. The molecule has 3 rings (SSSR count). The number of pyridine rings is 1. The molecule has 2 amide bonds. The van der Waals surface area contributed by atoms with Gasteiger partial charge >= 0.3 is 5.97 Å². The summed E-state index contributed by atoms with van der Waals surface area (Å²) < 4.78 is 6.24. The number of benzene rings is 1. The number of ether oxygens (including phenoxy) is 1. The van der Waals surface area contributed by atoms with Gasteiger partial charge in [-0.3, -0.25) is 24.3 Å². The van der Waals surface area contributed by atoms with Crippen LogP contribution in [0.3, 0.4) is 0 Å². The lowest BCUT2D eigenvalue weighted by Gasteiger charge is -2.12. The fourth-order valence-corrected chi connectivity index (χ4v) is 2.68. The maximum Gasteiger partial charge on any atom is 0.338 e. The van der Waals surface area contributed by atoms with Crippen molar-refractivity contribution in [1.82, 2.24) is 9.88 Å². The summed E-state index contributed by atoms with van der Waals surface area (Å²) in [4.78, 5) is 47.8. The van der Waals surface area contributed by atoms with Crippen molar-refractivity contribution in [3.8, 4) is 5.69 Å². The van der Waals surface area contributed by atoms with Crippen LogP contribution in [0.4, 0.5) is 5.82 Å². The number of nitrogen functional groups attached to an aromatic ring is 1. The number of anilines is 1. The number of unbranched alkanes of at least 4 members (excludes halogenated alkanes) is 1. The van der Waals surface area contributed by atoms with Crippen LogP contribution in [-0.2, 0) is 4.74 Å². The van der Waals surface area contributed by atoms with E-state index in [-0.39, 0.29) is 16.9 Å². The molecule has 26 heavy (non-hydrogen) atoms. The molecular formula is C18H17N3O5. The molecular weight excluding hydrogens is 338 g/mol. The number of amides is 2. The lowest BCUT2D eigenvalue weighted by atomic mass is 10.1. The Morgan fingerprint density at radius 2 is 1.85 bits per heavy atom. The Hall–Kier alpha value is -3.42. The molecule has 2 aromatic rings. The number of aromatic nitrogens is 1. The standard InChI is InChI=1S/C18H17N3O5/c1-2-3-8-26-18(25)10-4-6-11(7-5-10)21-13(22)9-12-14(15(21)19)17(24)20-16(12)23/h4-7,9H,2-3,8,19H2,1H3,(H,20,23,24). The van der Waals surface area contributed by atoms with Crippen molar-refractivity contribution in [2.24, 2.45) is 0 Å². The van der Waals surface area contributed by atoms with Crippen LogP contribution in [0.2, 0.25) is 0 Å². The first-order chi connectivity index (χ1) is 12.4. The van der Waals surface area contributed by atoms with E-state index in [1.165, 1.54) is 24.3 Å². The molecule has 0 saturated carbocycles. The van der Waals surface area contributed by atoms with Crippen LogP contribution in [0.25, 0.3) is 5.69 Å². The van der Waals surface area contributed by atoms with Crippen LogP contribution < -0.4 is 16.6 Å². The fraction of sp³-hybridized carbons (Fsp3) is 0.222. The molecule has 1 aromatic carbocycles. The molecule has 0 radical (unpaired) electrons. The van der Waals surface area contributed by atoms with Crippen LogP contribution >= 0.6 is 0 Å². The second-order valence-electron chi connectivity index (χ2n) is 5.81. The smallest absolute Gasteiger partial charge is 0.338 e.